The second-order valence-corrected chi connectivity index (χ2v) is 6.75. The Morgan fingerprint density at radius 1 is 1.07 bits per heavy atom. The van der Waals surface area contributed by atoms with Crippen molar-refractivity contribution in [2.45, 2.75) is 33.1 Å². The highest BCUT2D eigenvalue weighted by Gasteiger charge is 2.09. The molecule has 1 atom stereocenters. The molecule has 0 aromatic heterocycles. The molecule has 0 heterocycles. The molecule has 0 aliphatic heterocycles. The van der Waals surface area contributed by atoms with Crippen LogP contribution in [-0.4, -0.2) is 25.7 Å². The molecular formula is C24H28N2O4. The number of hydrogen-bond acceptors (Lipinski definition) is 5. The molecule has 1 amide bonds. The summed E-state index contributed by atoms with van der Waals surface area (Å²) in [5.41, 5.74) is 6.98. The summed E-state index contributed by atoms with van der Waals surface area (Å²) in [6, 6.07) is 15.1. The minimum Gasteiger partial charge on any atom is -0.490 e. The lowest BCUT2D eigenvalue weighted by atomic mass is 9.99. The van der Waals surface area contributed by atoms with E-state index in [-0.39, 0.29) is 5.57 Å². The van der Waals surface area contributed by atoms with Crippen molar-refractivity contribution in [3.8, 4) is 23.3 Å². The van der Waals surface area contributed by atoms with Gasteiger partial charge >= 0.3 is 0 Å². The fourth-order valence-electron chi connectivity index (χ4n) is 2.77. The quantitative estimate of drug-likeness (QED) is 0.337. The molecule has 0 aliphatic carbocycles. The Morgan fingerprint density at radius 2 is 1.77 bits per heavy atom. The van der Waals surface area contributed by atoms with Gasteiger partial charge in [-0.1, -0.05) is 32.0 Å². The number of nitriles is 1. The number of carbonyl (C=O) groups excluding carboxylic acids is 1. The average Bonchev–Trinajstić information content (AvgIpc) is 2.76. The number of amides is 1. The van der Waals surface area contributed by atoms with Gasteiger partial charge in [0, 0.05) is 0 Å². The normalized spacial score (nSPS) is 12.0. The predicted molar refractivity (Wildman–Crippen MR) is 117 cm³/mol. The number of benzene rings is 2. The molecule has 0 radical (unpaired) electrons. The average molecular weight is 408 g/mol. The Balaban J connectivity index is 1.97. The van der Waals surface area contributed by atoms with Gasteiger partial charge in [0.1, 0.15) is 30.6 Å². The van der Waals surface area contributed by atoms with Crippen molar-refractivity contribution in [3.63, 3.8) is 0 Å². The van der Waals surface area contributed by atoms with Crippen molar-refractivity contribution in [3.05, 3.63) is 59.2 Å². The molecule has 2 aromatic carbocycles. The maximum atomic E-state index is 11.2. The maximum Gasteiger partial charge on any atom is 0.259 e. The van der Waals surface area contributed by atoms with Crippen LogP contribution in [-0.2, 0) is 4.79 Å². The van der Waals surface area contributed by atoms with Gasteiger partial charge in [-0.3, -0.25) is 4.79 Å². The highest BCUT2D eigenvalue weighted by molar-refractivity contribution is 6.00. The van der Waals surface area contributed by atoms with Crippen molar-refractivity contribution in [2.75, 3.05) is 19.8 Å². The fraction of sp³-hybridized carbons (Fsp3) is 0.333. The highest BCUT2D eigenvalue weighted by atomic mass is 16.5. The lowest BCUT2D eigenvalue weighted by Crippen LogP contribution is -2.12. The molecule has 2 rings (SSSR count). The third kappa shape index (κ3) is 6.56. The minimum atomic E-state index is -0.773. The fourth-order valence-corrected chi connectivity index (χ4v) is 2.77. The number of carbonyl (C=O) groups is 1. The first kappa shape index (κ1) is 22.8. The van der Waals surface area contributed by atoms with Gasteiger partial charge in [-0.2, -0.15) is 5.26 Å². The first-order valence-electron chi connectivity index (χ1n) is 10.0. The highest BCUT2D eigenvalue weighted by Crippen LogP contribution is 2.29. The van der Waals surface area contributed by atoms with Crippen LogP contribution in [0.4, 0.5) is 0 Å². The van der Waals surface area contributed by atoms with Crippen LogP contribution >= 0.6 is 0 Å². The number of rotatable bonds is 11. The van der Waals surface area contributed by atoms with Gasteiger partial charge in [0.15, 0.2) is 11.5 Å². The smallest absolute Gasteiger partial charge is 0.259 e. The van der Waals surface area contributed by atoms with Crippen LogP contribution < -0.4 is 19.9 Å². The van der Waals surface area contributed by atoms with Crippen LogP contribution in [0.25, 0.3) is 6.08 Å². The van der Waals surface area contributed by atoms with E-state index in [1.165, 1.54) is 11.6 Å². The molecule has 30 heavy (non-hydrogen) atoms. The van der Waals surface area contributed by atoms with E-state index in [4.69, 9.17) is 25.2 Å². The van der Waals surface area contributed by atoms with E-state index in [2.05, 4.69) is 26.0 Å². The number of hydrogen-bond donors (Lipinski definition) is 1. The summed E-state index contributed by atoms with van der Waals surface area (Å²) in [5, 5.41) is 8.99. The van der Waals surface area contributed by atoms with Gasteiger partial charge in [-0.05, 0) is 60.7 Å². The monoisotopic (exact) mass is 408 g/mol. The molecule has 0 spiro atoms. The van der Waals surface area contributed by atoms with E-state index in [0.717, 1.165) is 12.2 Å². The molecule has 158 valence electrons. The van der Waals surface area contributed by atoms with Gasteiger partial charge in [0.2, 0.25) is 0 Å². The van der Waals surface area contributed by atoms with E-state index in [1.54, 1.807) is 24.3 Å². The second kappa shape index (κ2) is 11.5. The van der Waals surface area contributed by atoms with Gasteiger partial charge < -0.3 is 19.9 Å². The molecule has 6 nitrogen and oxygen atoms in total. The van der Waals surface area contributed by atoms with Crippen LogP contribution in [0.2, 0.25) is 0 Å². The largest absolute Gasteiger partial charge is 0.490 e. The van der Waals surface area contributed by atoms with Crippen molar-refractivity contribution in [1.82, 2.24) is 0 Å². The van der Waals surface area contributed by atoms with Crippen LogP contribution in [0.1, 0.15) is 44.2 Å². The standard InChI is InChI=1S/C24H28N2O4/c1-4-17(3)19-7-9-21(10-8-19)29-12-13-30-22-11-6-18(15-23(22)28-5-2)14-20(16-25)24(26)27/h6-11,14-15,17H,4-5,12-13H2,1-3H3,(H2,26,27)/b20-14-/t17-/m1/s1. The van der Waals surface area contributed by atoms with Crippen LogP contribution in [0, 0.1) is 11.3 Å². The lowest BCUT2D eigenvalue weighted by Gasteiger charge is -2.14. The Morgan fingerprint density at radius 3 is 2.37 bits per heavy atom. The van der Waals surface area contributed by atoms with Crippen LogP contribution in [0.5, 0.6) is 17.2 Å². The van der Waals surface area contributed by atoms with Gasteiger partial charge in [0.05, 0.1) is 6.61 Å². The molecule has 0 saturated heterocycles. The second-order valence-electron chi connectivity index (χ2n) is 6.75. The zero-order valence-electron chi connectivity index (χ0n) is 17.7. The van der Waals surface area contributed by atoms with Crippen molar-refractivity contribution >= 4 is 12.0 Å². The van der Waals surface area contributed by atoms with E-state index in [9.17, 15) is 4.79 Å². The number of primary amides is 1. The lowest BCUT2D eigenvalue weighted by molar-refractivity contribution is -0.114. The molecule has 0 bridgehead atoms. The van der Waals surface area contributed by atoms with Gasteiger partial charge in [-0.25, -0.2) is 0 Å². The molecule has 2 N–H and O–H groups in total. The summed E-state index contributed by atoms with van der Waals surface area (Å²) < 4.78 is 17.2. The topological polar surface area (TPSA) is 94.6 Å². The third-order valence-corrected chi connectivity index (χ3v) is 4.64. The van der Waals surface area contributed by atoms with Crippen molar-refractivity contribution in [2.24, 2.45) is 5.73 Å². The van der Waals surface area contributed by atoms with E-state index in [0.29, 0.717) is 42.8 Å². The first-order valence-corrected chi connectivity index (χ1v) is 10.0. The van der Waals surface area contributed by atoms with Gasteiger partial charge in [0.25, 0.3) is 5.91 Å². The zero-order chi connectivity index (χ0) is 21.9. The summed E-state index contributed by atoms with van der Waals surface area (Å²) in [4.78, 5) is 11.2. The third-order valence-electron chi connectivity index (χ3n) is 4.64. The summed E-state index contributed by atoms with van der Waals surface area (Å²) in [6.45, 7) is 7.41. The molecular weight excluding hydrogens is 380 g/mol. The Kier molecular flexibility index (Phi) is 8.76. The molecule has 6 heteroatoms. The van der Waals surface area contributed by atoms with Crippen molar-refractivity contribution in [1.29, 1.82) is 5.26 Å². The number of ether oxygens (including phenoxy) is 3. The predicted octanol–water partition coefficient (Wildman–Crippen LogP) is 4.45. The number of nitrogens with zero attached hydrogens (tertiary/aromatic N) is 1. The summed E-state index contributed by atoms with van der Waals surface area (Å²) in [5.74, 6) is 1.63. The maximum absolute atomic E-state index is 11.2. The van der Waals surface area contributed by atoms with Crippen LogP contribution in [0.15, 0.2) is 48.0 Å². The zero-order valence-corrected chi connectivity index (χ0v) is 17.7. The van der Waals surface area contributed by atoms with E-state index in [1.807, 2.05) is 19.1 Å². The SMILES string of the molecule is CCOc1cc(/C=C(/C#N)C(N)=O)ccc1OCCOc1ccc([C@H](C)CC)cc1. The first-order chi connectivity index (χ1) is 14.5. The summed E-state index contributed by atoms with van der Waals surface area (Å²) in [7, 11) is 0. The van der Waals surface area contributed by atoms with Gasteiger partial charge in [-0.15, -0.1) is 0 Å². The van der Waals surface area contributed by atoms with Crippen LogP contribution in [0.3, 0.4) is 0 Å². The molecule has 0 saturated carbocycles. The molecule has 0 fully saturated rings. The van der Waals surface area contributed by atoms with E-state index >= 15 is 0 Å². The Hall–Kier alpha value is -3.46. The Bertz CT molecular complexity index is 914. The summed E-state index contributed by atoms with van der Waals surface area (Å²) >= 11 is 0. The van der Waals surface area contributed by atoms with Crippen molar-refractivity contribution < 1.29 is 19.0 Å². The molecule has 2 aromatic rings. The summed E-state index contributed by atoms with van der Waals surface area (Å²) in [6.07, 6.45) is 2.52. The number of nitrogens with two attached hydrogens (primary N) is 1. The molecule has 0 unspecified atom stereocenters. The minimum absolute atomic E-state index is 0.126. The Labute approximate surface area is 177 Å². The molecule has 0 aliphatic rings. The van der Waals surface area contributed by atoms with E-state index < -0.39 is 5.91 Å².